The normalized spacial score (nSPS) is 12.2. The van der Waals surface area contributed by atoms with Crippen LogP contribution in [0.25, 0.3) is 0 Å². The maximum Gasteiger partial charge on any atom is 0.253 e. The highest BCUT2D eigenvalue weighted by Crippen LogP contribution is 2.25. The fourth-order valence-electron chi connectivity index (χ4n) is 1.84. The summed E-state index contributed by atoms with van der Waals surface area (Å²) < 4.78 is 6.84. The second-order valence-electron chi connectivity index (χ2n) is 4.92. The highest BCUT2D eigenvalue weighted by Gasteiger charge is 2.10. The summed E-state index contributed by atoms with van der Waals surface area (Å²) in [6, 6.07) is 6.84. The molecule has 0 amide bonds. The van der Waals surface area contributed by atoms with Gasteiger partial charge in [-0.1, -0.05) is 17.7 Å². The van der Waals surface area contributed by atoms with Gasteiger partial charge in [0.2, 0.25) is 0 Å². The molecule has 6 heteroatoms. The first kappa shape index (κ1) is 15.5. The lowest BCUT2D eigenvalue weighted by atomic mass is 10.2. The zero-order chi connectivity index (χ0) is 15.4. The van der Waals surface area contributed by atoms with Crippen LogP contribution in [-0.2, 0) is 6.54 Å². The third-order valence-electron chi connectivity index (χ3n) is 2.94. The molecule has 0 saturated heterocycles. The Balaban J connectivity index is 1.97. The highest BCUT2D eigenvalue weighted by atomic mass is 35.5. The van der Waals surface area contributed by atoms with E-state index < -0.39 is 6.10 Å². The number of ether oxygens (including phenoxy) is 1. The lowest BCUT2D eigenvalue weighted by molar-refractivity contribution is 0.0913. The summed E-state index contributed by atoms with van der Waals surface area (Å²) in [6.45, 7) is 3.83. The summed E-state index contributed by atoms with van der Waals surface area (Å²) in [6.07, 6.45) is 0.587. The smallest absolute Gasteiger partial charge is 0.253 e. The van der Waals surface area contributed by atoms with Gasteiger partial charge in [-0.3, -0.25) is 9.36 Å². The number of aliphatic hydroxyl groups excluding tert-OH is 1. The molecule has 1 aromatic carbocycles. The maximum atomic E-state index is 11.7. The van der Waals surface area contributed by atoms with Gasteiger partial charge in [0.15, 0.2) is 0 Å². The lowest BCUT2D eigenvalue weighted by Gasteiger charge is -2.14. The van der Waals surface area contributed by atoms with Crippen LogP contribution in [0.15, 0.2) is 35.4 Å². The summed E-state index contributed by atoms with van der Waals surface area (Å²) in [7, 11) is 0. The van der Waals surface area contributed by atoms with Gasteiger partial charge >= 0.3 is 0 Å². The summed E-state index contributed by atoms with van der Waals surface area (Å²) in [5.41, 5.74) is 1.46. The Morgan fingerprint density at radius 2 is 2.14 bits per heavy atom. The van der Waals surface area contributed by atoms with Crippen LogP contribution in [0.5, 0.6) is 5.75 Å². The third-order valence-corrected chi connectivity index (χ3v) is 3.25. The van der Waals surface area contributed by atoms with Crippen molar-refractivity contribution in [2.45, 2.75) is 26.5 Å². The monoisotopic (exact) mass is 308 g/mol. The molecule has 0 unspecified atom stereocenters. The summed E-state index contributed by atoms with van der Waals surface area (Å²) >= 11 is 6.01. The molecule has 1 heterocycles. The number of hydrogen-bond donors (Lipinski definition) is 1. The number of benzene rings is 1. The molecule has 0 saturated carbocycles. The number of aromatic nitrogens is 2. The zero-order valence-electron chi connectivity index (χ0n) is 11.9. The first-order chi connectivity index (χ1) is 9.95. The molecule has 0 spiro atoms. The Hall–Kier alpha value is -1.85. The quantitative estimate of drug-likeness (QED) is 0.917. The average molecular weight is 309 g/mol. The van der Waals surface area contributed by atoms with Gasteiger partial charge in [-0.25, -0.2) is 4.98 Å². The number of rotatable bonds is 5. The fourth-order valence-corrected chi connectivity index (χ4v) is 2.01. The number of aliphatic hydroxyl groups is 1. The van der Waals surface area contributed by atoms with E-state index in [9.17, 15) is 9.90 Å². The number of aryl methyl sites for hydroxylation is 2. The standard InChI is InChI=1S/C15H17ClN2O3/c1-10-3-4-13(16)14(5-10)21-8-12(19)7-18-9-17-11(2)6-15(18)20/h3-6,9,12,19H,7-8H2,1-2H3/t12-/m1/s1. The third kappa shape index (κ3) is 4.31. The molecule has 21 heavy (non-hydrogen) atoms. The van der Waals surface area contributed by atoms with Crippen LogP contribution in [-0.4, -0.2) is 27.4 Å². The van der Waals surface area contributed by atoms with Crippen LogP contribution in [0.4, 0.5) is 0 Å². The Kier molecular flexibility index (Phi) is 4.98. The SMILES string of the molecule is Cc1ccc(Cl)c(OC[C@H](O)Cn2cnc(C)cc2=O)c1. The van der Waals surface area contributed by atoms with E-state index in [0.29, 0.717) is 16.5 Å². The second kappa shape index (κ2) is 6.74. The number of halogens is 1. The van der Waals surface area contributed by atoms with Crippen molar-refractivity contribution in [1.82, 2.24) is 9.55 Å². The molecule has 0 aliphatic heterocycles. The largest absolute Gasteiger partial charge is 0.489 e. The highest BCUT2D eigenvalue weighted by molar-refractivity contribution is 6.32. The molecule has 1 aromatic heterocycles. The van der Waals surface area contributed by atoms with Crippen LogP contribution >= 0.6 is 11.6 Å². The average Bonchev–Trinajstić information content (AvgIpc) is 2.43. The second-order valence-corrected chi connectivity index (χ2v) is 5.33. The van der Waals surface area contributed by atoms with Gasteiger partial charge in [0.1, 0.15) is 18.5 Å². The van der Waals surface area contributed by atoms with E-state index >= 15 is 0 Å². The van der Waals surface area contributed by atoms with E-state index in [4.69, 9.17) is 16.3 Å². The van der Waals surface area contributed by atoms with Crippen molar-refractivity contribution in [2.75, 3.05) is 6.61 Å². The van der Waals surface area contributed by atoms with E-state index in [1.165, 1.54) is 17.0 Å². The van der Waals surface area contributed by atoms with Gasteiger partial charge in [-0.2, -0.15) is 0 Å². The van der Waals surface area contributed by atoms with Gasteiger partial charge in [-0.05, 0) is 31.5 Å². The minimum atomic E-state index is -0.830. The van der Waals surface area contributed by atoms with Crippen molar-refractivity contribution in [1.29, 1.82) is 0 Å². The minimum Gasteiger partial charge on any atom is -0.489 e. The number of nitrogens with zero attached hydrogens (tertiary/aromatic N) is 2. The first-order valence-corrected chi connectivity index (χ1v) is 6.93. The van der Waals surface area contributed by atoms with Crippen molar-refractivity contribution in [2.24, 2.45) is 0 Å². The molecule has 2 aromatic rings. The topological polar surface area (TPSA) is 64.3 Å². The molecular weight excluding hydrogens is 292 g/mol. The molecule has 1 atom stereocenters. The van der Waals surface area contributed by atoms with Crippen molar-refractivity contribution in [3.63, 3.8) is 0 Å². The lowest BCUT2D eigenvalue weighted by Crippen LogP contribution is -2.30. The van der Waals surface area contributed by atoms with E-state index in [0.717, 1.165) is 5.56 Å². The molecular formula is C15H17ClN2O3. The van der Waals surface area contributed by atoms with Crippen LogP contribution in [0.2, 0.25) is 5.02 Å². The van der Waals surface area contributed by atoms with Crippen LogP contribution in [0, 0.1) is 13.8 Å². The van der Waals surface area contributed by atoms with Crippen LogP contribution in [0.3, 0.4) is 0 Å². The first-order valence-electron chi connectivity index (χ1n) is 6.56. The number of hydrogen-bond acceptors (Lipinski definition) is 4. The molecule has 112 valence electrons. The van der Waals surface area contributed by atoms with E-state index in [-0.39, 0.29) is 18.7 Å². The van der Waals surface area contributed by atoms with E-state index in [2.05, 4.69) is 4.98 Å². The predicted octanol–water partition coefficient (Wildman–Crippen LogP) is 1.95. The van der Waals surface area contributed by atoms with Crippen LogP contribution in [0.1, 0.15) is 11.3 Å². The van der Waals surface area contributed by atoms with Crippen molar-refractivity contribution in [3.8, 4) is 5.75 Å². The van der Waals surface area contributed by atoms with Gasteiger partial charge in [-0.15, -0.1) is 0 Å². The van der Waals surface area contributed by atoms with Gasteiger partial charge in [0, 0.05) is 11.8 Å². The zero-order valence-corrected chi connectivity index (χ0v) is 12.7. The predicted molar refractivity (Wildman–Crippen MR) is 80.9 cm³/mol. The molecule has 1 N–H and O–H groups in total. The molecule has 5 nitrogen and oxygen atoms in total. The maximum absolute atomic E-state index is 11.7. The molecule has 0 aliphatic carbocycles. The molecule has 0 bridgehead atoms. The Labute approximate surface area is 127 Å². The van der Waals surface area contributed by atoms with Crippen LogP contribution < -0.4 is 10.3 Å². The van der Waals surface area contributed by atoms with E-state index in [1.807, 2.05) is 13.0 Å². The van der Waals surface area contributed by atoms with Gasteiger partial charge in [0.05, 0.1) is 17.9 Å². The minimum absolute atomic E-state index is 0.0451. The van der Waals surface area contributed by atoms with Crippen molar-refractivity contribution < 1.29 is 9.84 Å². The molecule has 0 radical (unpaired) electrons. The molecule has 0 fully saturated rings. The summed E-state index contributed by atoms with van der Waals surface area (Å²) in [5, 5.41) is 10.5. The fraction of sp³-hybridized carbons (Fsp3) is 0.333. The van der Waals surface area contributed by atoms with E-state index in [1.54, 1.807) is 19.1 Å². The van der Waals surface area contributed by atoms with Gasteiger partial charge < -0.3 is 9.84 Å². The van der Waals surface area contributed by atoms with Crippen molar-refractivity contribution in [3.05, 3.63) is 57.2 Å². The summed E-state index contributed by atoms with van der Waals surface area (Å²) in [5.74, 6) is 0.519. The Morgan fingerprint density at radius 3 is 2.86 bits per heavy atom. The molecule has 0 aliphatic rings. The summed E-state index contributed by atoms with van der Waals surface area (Å²) in [4.78, 5) is 15.7. The Morgan fingerprint density at radius 1 is 1.38 bits per heavy atom. The Bertz CT molecular complexity index is 685. The van der Waals surface area contributed by atoms with Crippen molar-refractivity contribution >= 4 is 11.6 Å². The van der Waals surface area contributed by atoms with Gasteiger partial charge in [0.25, 0.3) is 5.56 Å². The molecule has 2 rings (SSSR count).